The summed E-state index contributed by atoms with van der Waals surface area (Å²) in [6, 6.07) is 0. The van der Waals surface area contributed by atoms with Gasteiger partial charge in [-0.1, -0.05) is 20.3 Å². The van der Waals surface area contributed by atoms with Gasteiger partial charge in [0.15, 0.2) is 0 Å². The van der Waals surface area contributed by atoms with Gasteiger partial charge in [0.1, 0.15) is 0 Å². The summed E-state index contributed by atoms with van der Waals surface area (Å²) < 4.78 is 0. The van der Waals surface area contributed by atoms with Crippen molar-refractivity contribution in [1.29, 1.82) is 0 Å². The van der Waals surface area contributed by atoms with Gasteiger partial charge in [-0.15, -0.1) is 0 Å². The van der Waals surface area contributed by atoms with Crippen molar-refractivity contribution in [3.05, 3.63) is 0 Å². The lowest BCUT2D eigenvalue weighted by Gasteiger charge is -2.19. The third-order valence-corrected chi connectivity index (χ3v) is 2.86. The number of hydrogen-bond acceptors (Lipinski definition) is 3. The Kier molecular flexibility index (Phi) is 4.04. The first-order chi connectivity index (χ1) is 7.47. The van der Waals surface area contributed by atoms with E-state index in [9.17, 15) is 14.4 Å². The number of rotatable bonds is 5. The molecular formula is C11H17NO4. The van der Waals surface area contributed by atoms with Gasteiger partial charge in [-0.3, -0.25) is 19.3 Å². The minimum atomic E-state index is -0.943. The predicted molar refractivity (Wildman–Crippen MR) is 56.5 cm³/mol. The minimum Gasteiger partial charge on any atom is -0.481 e. The molecule has 16 heavy (non-hydrogen) atoms. The quantitative estimate of drug-likeness (QED) is 0.707. The maximum atomic E-state index is 11.6. The molecule has 1 fully saturated rings. The summed E-state index contributed by atoms with van der Waals surface area (Å²) in [7, 11) is 0. The van der Waals surface area contributed by atoms with E-state index in [1.54, 1.807) is 6.92 Å². The average molecular weight is 227 g/mol. The van der Waals surface area contributed by atoms with Crippen LogP contribution in [0.25, 0.3) is 0 Å². The highest BCUT2D eigenvalue weighted by Gasteiger charge is 2.37. The number of carbonyl (C=O) groups is 3. The Morgan fingerprint density at radius 2 is 2.19 bits per heavy atom. The fourth-order valence-corrected chi connectivity index (χ4v) is 1.90. The summed E-state index contributed by atoms with van der Waals surface area (Å²) >= 11 is 0. The number of carboxylic acids is 1. The number of aliphatic carboxylic acids is 1. The standard InChI is InChI=1S/C11H17NO4/c1-3-4-8(11(15)16)6-12-9(13)5-7(2)10(12)14/h7-8H,3-6H2,1-2H3,(H,15,16). The van der Waals surface area contributed by atoms with Crippen molar-refractivity contribution in [2.24, 2.45) is 11.8 Å². The number of hydrogen-bond donors (Lipinski definition) is 1. The van der Waals surface area contributed by atoms with Crippen molar-refractivity contribution >= 4 is 17.8 Å². The minimum absolute atomic E-state index is 0.0190. The summed E-state index contributed by atoms with van der Waals surface area (Å²) in [6.45, 7) is 3.59. The maximum Gasteiger partial charge on any atom is 0.308 e. The van der Waals surface area contributed by atoms with Crippen LogP contribution < -0.4 is 0 Å². The number of carboxylic acid groups (broad SMARTS) is 1. The summed E-state index contributed by atoms with van der Waals surface area (Å²) in [6.07, 6.45) is 1.42. The van der Waals surface area contributed by atoms with Gasteiger partial charge in [0.25, 0.3) is 0 Å². The van der Waals surface area contributed by atoms with Gasteiger partial charge in [-0.2, -0.15) is 0 Å². The van der Waals surface area contributed by atoms with Crippen LogP contribution in [0.2, 0.25) is 0 Å². The molecule has 1 rings (SSSR count). The lowest BCUT2D eigenvalue weighted by Crippen LogP contribution is -2.37. The second-order valence-corrected chi connectivity index (χ2v) is 4.27. The van der Waals surface area contributed by atoms with Gasteiger partial charge in [0.05, 0.1) is 5.92 Å². The molecule has 2 atom stereocenters. The molecule has 0 aliphatic carbocycles. The molecule has 1 heterocycles. The van der Waals surface area contributed by atoms with Crippen LogP contribution in [-0.4, -0.2) is 34.3 Å². The third kappa shape index (κ3) is 2.59. The van der Waals surface area contributed by atoms with Crippen LogP contribution in [0, 0.1) is 11.8 Å². The number of carbonyl (C=O) groups excluding carboxylic acids is 2. The van der Waals surface area contributed by atoms with Gasteiger partial charge in [0, 0.05) is 18.9 Å². The van der Waals surface area contributed by atoms with Crippen molar-refractivity contribution in [2.45, 2.75) is 33.1 Å². The first kappa shape index (κ1) is 12.7. The summed E-state index contributed by atoms with van der Waals surface area (Å²) in [4.78, 5) is 35.1. The van der Waals surface area contributed by atoms with Gasteiger partial charge < -0.3 is 5.11 Å². The average Bonchev–Trinajstić information content (AvgIpc) is 2.43. The molecule has 90 valence electrons. The molecular weight excluding hydrogens is 210 g/mol. The molecule has 0 radical (unpaired) electrons. The normalized spacial score (nSPS) is 22.6. The Balaban J connectivity index is 2.67. The molecule has 1 aliphatic heterocycles. The van der Waals surface area contributed by atoms with Crippen LogP contribution in [0.1, 0.15) is 33.1 Å². The van der Waals surface area contributed by atoms with E-state index in [0.717, 1.165) is 11.3 Å². The SMILES string of the molecule is CCCC(CN1C(=O)CC(C)C1=O)C(=O)O. The zero-order valence-corrected chi connectivity index (χ0v) is 9.60. The fraction of sp³-hybridized carbons (Fsp3) is 0.727. The number of imide groups is 1. The topological polar surface area (TPSA) is 74.7 Å². The Hall–Kier alpha value is -1.39. The molecule has 0 spiro atoms. The highest BCUT2D eigenvalue weighted by Crippen LogP contribution is 2.21. The Morgan fingerprint density at radius 3 is 2.56 bits per heavy atom. The van der Waals surface area contributed by atoms with E-state index in [1.807, 2.05) is 6.92 Å². The van der Waals surface area contributed by atoms with E-state index in [4.69, 9.17) is 5.11 Å². The predicted octanol–water partition coefficient (Wildman–Crippen LogP) is 0.882. The summed E-state index contributed by atoms with van der Waals surface area (Å²) in [5, 5.41) is 8.95. The number of likely N-dealkylation sites (tertiary alicyclic amines) is 1. The Bertz CT molecular complexity index is 313. The highest BCUT2D eigenvalue weighted by molar-refractivity contribution is 6.03. The van der Waals surface area contributed by atoms with E-state index in [1.165, 1.54) is 0 Å². The van der Waals surface area contributed by atoms with Gasteiger partial charge in [-0.25, -0.2) is 0 Å². The molecule has 0 bridgehead atoms. The van der Waals surface area contributed by atoms with Crippen LogP contribution in [0.3, 0.4) is 0 Å². The van der Waals surface area contributed by atoms with Crippen LogP contribution in [0.4, 0.5) is 0 Å². The third-order valence-electron chi connectivity index (χ3n) is 2.86. The number of nitrogens with zero attached hydrogens (tertiary/aromatic N) is 1. The van der Waals surface area contributed by atoms with E-state index in [-0.39, 0.29) is 30.7 Å². The molecule has 0 aromatic carbocycles. The lowest BCUT2D eigenvalue weighted by molar-refractivity contribution is -0.146. The molecule has 2 amide bonds. The Morgan fingerprint density at radius 1 is 1.56 bits per heavy atom. The first-order valence-corrected chi connectivity index (χ1v) is 5.54. The van der Waals surface area contributed by atoms with E-state index < -0.39 is 11.9 Å². The van der Waals surface area contributed by atoms with Gasteiger partial charge in [-0.05, 0) is 6.42 Å². The molecule has 0 aromatic heterocycles. The molecule has 1 N–H and O–H groups in total. The molecule has 2 unspecified atom stereocenters. The zero-order chi connectivity index (χ0) is 12.3. The van der Waals surface area contributed by atoms with Crippen LogP contribution >= 0.6 is 0 Å². The molecule has 1 aliphatic rings. The molecule has 1 saturated heterocycles. The van der Waals surface area contributed by atoms with Crippen molar-refractivity contribution in [1.82, 2.24) is 4.90 Å². The van der Waals surface area contributed by atoms with Crippen LogP contribution in [-0.2, 0) is 14.4 Å². The van der Waals surface area contributed by atoms with Crippen LogP contribution in [0.15, 0.2) is 0 Å². The van der Waals surface area contributed by atoms with E-state index >= 15 is 0 Å². The zero-order valence-electron chi connectivity index (χ0n) is 9.60. The first-order valence-electron chi connectivity index (χ1n) is 5.54. The lowest BCUT2D eigenvalue weighted by atomic mass is 10.0. The molecule has 0 saturated carbocycles. The number of amides is 2. The largest absolute Gasteiger partial charge is 0.481 e. The second-order valence-electron chi connectivity index (χ2n) is 4.27. The van der Waals surface area contributed by atoms with Crippen molar-refractivity contribution in [2.75, 3.05) is 6.54 Å². The molecule has 0 aromatic rings. The maximum absolute atomic E-state index is 11.6. The molecule has 5 heteroatoms. The summed E-state index contributed by atoms with van der Waals surface area (Å²) in [5.74, 6) is -2.37. The van der Waals surface area contributed by atoms with Crippen LogP contribution in [0.5, 0.6) is 0 Å². The fourth-order valence-electron chi connectivity index (χ4n) is 1.90. The van der Waals surface area contributed by atoms with Crippen molar-refractivity contribution in [3.8, 4) is 0 Å². The monoisotopic (exact) mass is 227 g/mol. The Labute approximate surface area is 94.4 Å². The van der Waals surface area contributed by atoms with Gasteiger partial charge >= 0.3 is 5.97 Å². The highest BCUT2D eigenvalue weighted by atomic mass is 16.4. The van der Waals surface area contributed by atoms with E-state index in [0.29, 0.717) is 6.42 Å². The van der Waals surface area contributed by atoms with E-state index in [2.05, 4.69) is 0 Å². The van der Waals surface area contributed by atoms with Crippen molar-refractivity contribution < 1.29 is 19.5 Å². The smallest absolute Gasteiger partial charge is 0.308 e. The van der Waals surface area contributed by atoms with Gasteiger partial charge in [0.2, 0.25) is 11.8 Å². The summed E-state index contributed by atoms with van der Waals surface area (Å²) in [5.41, 5.74) is 0. The second kappa shape index (κ2) is 5.09. The van der Waals surface area contributed by atoms with Crippen molar-refractivity contribution in [3.63, 3.8) is 0 Å². The molecule has 5 nitrogen and oxygen atoms in total.